The average molecular weight is 281 g/mol. The third-order valence-electron chi connectivity index (χ3n) is 4.57. The second kappa shape index (κ2) is 5.98. The van der Waals surface area contributed by atoms with E-state index in [-0.39, 0.29) is 0 Å². The lowest BCUT2D eigenvalue weighted by Gasteiger charge is -2.27. The molecule has 0 saturated carbocycles. The van der Waals surface area contributed by atoms with Gasteiger partial charge in [0.25, 0.3) is 0 Å². The number of rotatable bonds is 3. The molecule has 2 nitrogen and oxygen atoms in total. The zero-order valence-corrected chi connectivity index (χ0v) is 12.8. The van der Waals surface area contributed by atoms with Crippen LogP contribution in [0, 0.1) is 13.8 Å². The van der Waals surface area contributed by atoms with Gasteiger partial charge in [0.05, 0.1) is 11.8 Å². The maximum Gasteiger partial charge on any atom is 0.0968 e. The van der Waals surface area contributed by atoms with Crippen molar-refractivity contribution in [2.75, 3.05) is 0 Å². The number of aliphatic hydroxyl groups is 1. The summed E-state index contributed by atoms with van der Waals surface area (Å²) < 4.78 is 0. The molecule has 0 fully saturated rings. The third-order valence-corrected chi connectivity index (χ3v) is 4.57. The van der Waals surface area contributed by atoms with E-state index in [1.165, 1.54) is 30.4 Å². The lowest BCUT2D eigenvalue weighted by atomic mass is 9.79. The Bertz CT molecular complexity index is 635. The van der Waals surface area contributed by atoms with E-state index >= 15 is 0 Å². The molecule has 0 bridgehead atoms. The lowest BCUT2D eigenvalue weighted by Crippen LogP contribution is -2.14. The molecule has 2 heteroatoms. The van der Waals surface area contributed by atoms with Gasteiger partial charge in [-0.2, -0.15) is 0 Å². The van der Waals surface area contributed by atoms with Crippen molar-refractivity contribution in [3.05, 3.63) is 64.5 Å². The molecule has 0 spiro atoms. The molecule has 2 atom stereocenters. The van der Waals surface area contributed by atoms with Gasteiger partial charge in [0.15, 0.2) is 0 Å². The first-order valence-electron chi connectivity index (χ1n) is 7.84. The van der Waals surface area contributed by atoms with Crippen LogP contribution in [-0.2, 0) is 6.42 Å². The largest absolute Gasteiger partial charge is 0.387 e. The van der Waals surface area contributed by atoms with Gasteiger partial charge < -0.3 is 5.11 Å². The van der Waals surface area contributed by atoms with E-state index in [1.807, 2.05) is 20.0 Å². The number of aliphatic hydroxyl groups excluding tert-OH is 1. The molecule has 21 heavy (non-hydrogen) atoms. The monoisotopic (exact) mass is 281 g/mol. The molecule has 110 valence electrons. The predicted molar refractivity (Wildman–Crippen MR) is 85.4 cm³/mol. The summed E-state index contributed by atoms with van der Waals surface area (Å²) in [4.78, 5) is 4.45. The number of hydrogen-bond donors (Lipinski definition) is 1. The fourth-order valence-electron chi connectivity index (χ4n) is 3.56. The van der Waals surface area contributed by atoms with E-state index in [4.69, 9.17) is 0 Å². The Morgan fingerprint density at radius 1 is 1.29 bits per heavy atom. The van der Waals surface area contributed by atoms with Crippen LogP contribution < -0.4 is 0 Å². The van der Waals surface area contributed by atoms with Crippen LogP contribution in [0.2, 0.25) is 0 Å². The number of nitrogens with zero attached hydrogens (tertiary/aromatic N) is 1. The molecule has 1 N–H and O–H groups in total. The van der Waals surface area contributed by atoms with Crippen LogP contribution >= 0.6 is 0 Å². The highest BCUT2D eigenvalue weighted by molar-refractivity contribution is 5.33. The van der Waals surface area contributed by atoms with Crippen LogP contribution in [0.4, 0.5) is 0 Å². The standard InChI is InChI=1S/C19H23NO/c1-13-10-14(2)19(20-12-13)18(21)11-16-8-5-7-15-6-3-4-9-17(15)16/h3-4,6,9-10,12,16,18,21H,5,7-8,11H2,1-2H3. The van der Waals surface area contributed by atoms with Crippen LogP contribution in [0.15, 0.2) is 36.5 Å². The minimum atomic E-state index is -0.471. The highest BCUT2D eigenvalue weighted by Crippen LogP contribution is 2.37. The highest BCUT2D eigenvalue weighted by Gasteiger charge is 2.24. The molecule has 1 aliphatic carbocycles. The molecule has 0 amide bonds. The molecule has 1 aromatic carbocycles. The number of aromatic nitrogens is 1. The molecule has 0 saturated heterocycles. The van der Waals surface area contributed by atoms with Gasteiger partial charge in [-0.25, -0.2) is 0 Å². The zero-order valence-electron chi connectivity index (χ0n) is 12.8. The Kier molecular flexibility index (Phi) is 4.07. The van der Waals surface area contributed by atoms with Gasteiger partial charge in [-0.05, 0) is 67.7 Å². The molecular formula is C19H23NO. The van der Waals surface area contributed by atoms with E-state index in [2.05, 4.69) is 35.3 Å². The molecule has 0 radical (unpaired) electrons. The summed E-state index contributed by atoms with van der Waals surface area (Å²) in [5.74, 6) is 0.451. The summed E-state index contributed by atoms with van der Waals surface area (Å²) >= 11 is 0. The van der Waals surface area contributed by atoms with Gasteiger partial charge >= 0.3 is 0 Å². The topological polar surface area (TPSA) is 33.1 Å². The Hall–Kier alpha value is -1.67. The molecule has 2 unspecified atom stereocenters. The molecule has 1 aromatic heterocycles. The van der Waals surface area contributed by atoms with Crippen molar-refractivity contribution < 1.29 is 5.11 Å². The quantitative estimate of drug-likeness (QED) is 0.912. The number of aryl methyl sites for hydroxylation is 3. The number of benzene rings is 1. The van der Waals surface area contributed by atoms with Gasteiger partial charge in [-0.3, -0.25) is 4.98 Å². The summed E-state index contributed by atoms with van der Waals surface area (Å²) in [6, 6.07) is 10.8. The third kappa shape index (κ3) is 3.01. The van der Waals surface area contributed by atoms with Crippen LogP contribution in [0.1, 0.15) is 59.2 Å². The zero-order chi connectivity index (χ0) is 14.8. The first kappa shape index (κ1) is 14.3. The number of fused-ring (bicyclic) bond motifs is 1. The van der Waals surface area contributed by atoms with Crippen molar-refractivity contribution in [2.45, 2.75) is 51.6 Å². The van der Waals surface area contributed by atoms with Crippen molar-refractivity contribution >= 4 is 0 Å². The first-order chi connectivity index (χ1) is 10.1. The highest BCUT2D eigenvalue weighted by atomic mass is 16.3. The summed E-state index contributed by atoms with van der Waals surface area (Å²) in [5.41, 5.74) is 5.95. The number of hydrogen-bond acceptors (Lipinski definition) is 2. The Labute approximate surface area is 126 Å². The van der Waals surface area contributed by atoms with Crippen molar-refractivity contribution in [3.63, 3.8) is 0 Å². The summed E-state index contributed by atoms with van der Waals surface area (Å²) in [5, 5.41) is 10.6. The maximum absolute atomic E-state index is 10.6. The smallest absolute Gasteiger partial charge is 0.0968 e. The van der Waals surface area contributed by atoms with Gasteiger partial charge in [-0.15, -0.1) is 0 Å². The molecule has 0 aliphatic heterocycles. The average Bonchev–Trinajstić information content (AvgIpc) is 2.47. The van der Waals surface area contributed by atoms with E-state index in [0.717, 1.165) is 23.2 Å². The van der Waals surface area contributed by atoms with E-state index < -0.39 is 6.10 Å². The van der Waals surface area contributed by atoms with Crippen molar-refractivity contribution in [1.82, 2.24) is 4.98 Å². The van der Waals surface area contributed by atoms with Crippen molar-refractivity contribution in [1.29, 1.82) is 0 Å². The second-order valence-electron chi connectivity index (χ2n) is 6.25. The van der Waals surface area contributed by atoms with Gasteiger partial charge in [0.1, 0.15) is 0 Å². The Morgan fingerprint density at radius 3 is 2.90 bits per heavy atom. The van der Waals surface area contributed by atoms with Crippen LogP contribution in [-0.4, -0.2) is 10.1 Å². The van der Waals surface area contributed by atoms with Crippen LogP contribution in [0.25, 0.3) is 0 Å². The normalized spacial score (nSPS) is 19.1. The molecule has 1 heterocycles. The second-order valence-corrected chi connectivity index (χ2v) is 6.25. The SMILES string of the molecule is Cc1cnc(C(O)CC2CCCc3ccccc32)c(C)c1. The fraction of sp³-hybridized carbons (Fsp3) is 0.421. The van der Waals surface area contributed by atoms with E-state index in [1.54, 1.807) is 0 Å². The molecule has 1 aliphatic rings. The summed E-state index contributed by atoms with van der Waals surface area (Å²) in [6.45, 7) is 4.07. The van der Waals surface area contributed by atoms with E-state index in [0.29, 0.717) is 5.92 Å². The predicted octanol–water partition coefficient (Wildman–Crippen LogP) is 4.24. The number of pyridine rings is 1. The van der Waals surface area contributed by atoms with Crippen molar-refractivity contribution in [3.8, 4) is 0 Å². The van der Waals surface area contributed by atoms with Gasteiger partial charge in [0, 0.05) is 6.20 Å². The first-order valence-corrected chi connectivity index (χ1v) is 7.84. The minimum Gasteiger partial charge on any atom is -0.387 e. The van der Waals surface area contributed by atoms with Crippen molar-refractivity contribution in [2.24, 2.45) is 0 Å². The molecule has 3 rings (SSSR count). The molecule has 2 aromatic rings. The Balaban J connectivity index is 1.81. The van der Waals surface area contributed by atoms with Crippen LogP contribution in [0.5, 0.6) is 0 Å². The Morgan fingerprint density at radius 2 is 2.10 bits per heavy atom. The fourth-order valence-corrected chi connectivity index (χ4v) is 3.56. The van der Waals surface area contributed by atoms with Crippen LogP contribution in [0.3, 0.4) is 0 Å². The maximum atomic E-state index is 10.6. The summed E-state index contributed by atoms with van der Waals surface area (Å²) in [7, 11) is 0. The van der Waals surface area contributed by atoms with Gasteiger partial charge in [-0.1, -0.05) is 30.3 Å². The molecular weight excluding hydrogens is 258 g/mol. The summed E-state index contributed by atoms with van der Waals surface area (Å²) in [6.07, 6.45) is 5.70. The minimum absolute atomic E-state index is 0.451. The van der Waals surface area contributed by atoms with E-state index in [9.17, 15) is 5.11 Å². The lowest BCUT2D eigenvalue weighted by molar-refractivity contribution is 0.149. The van der Waals surface area contributed by atoms with Gasteiger partial charge in [0.2, 0.25) is 0 Å².